The van der Waals surface area contributed by atoms with Crippen LogP contribution in [0, 0.1) is 0 Å². The van der Waals surface area contributed by atoms with Crippen LogP contribution in [0.4, 0.5) is 0 Å². The number of aliphatic hydroxyl groups excluding tert-OH is 2. The van der Waals surface area contributed by atoms with Crippen molar-refractivity contribution in [2.45, 2.75) is 51.0 Å². The summed E-state index contributed by atoms with van der Waals surface area (Å²) in [6.07, 6.45) is 3.45. The highest BCUT2D eigenvalue weighted by Gasteiger charge is 2.07. The number of carbonyl (C=O) groups is 2. The van der Waals surface area contributed by atoms with Gasteiger partial charge in [0.05, 0.1) is 6.61 Å². The summed E-state index contributed by atoms with van der Waals surface area (Å²) >= 11 is 0. The van der Waals surface area contributed by atoms with Crippen LogP contribution >= 0.6 is 0 Å². The zero-order valence-electron chi connectivity index (χ0n) is 10.5. The molecule has 0 radical (unpaired) electrons. The SMILES string of the molecule is O=C(O)CCCCCCCC(=O)OC[C@H](O)CO. The van der Waals surface area contributed by atoms with Crippen molar-refractivity contribution in [3.8, 4) is 0 Å². The molecule has 0 unspecified atom stereocenters. The molecule has 18 heavy (non-hydrogen) atoms. The minimum Gasteiger partial charge on any atom is -0.481 e. The lowest BCUT2D eigenvalue weighted by Gasteiger charge is -2.08. The standard InChI is InChI=1S/C12H22O6/c13-8-10(14)9-18-12(17)7-5-3-1-2-4-6-11(15)16/h10,13-14H,1-9H2,(H,15,16)/t10-/m1/s1. The first kappa shape index (κ1) is 16.9. The molecule has 0 aliphatic rings. The van der Waals surface area contributed by atoms with Gasteiger partial charge in [0.25, 0.3) is 0 Å². The first-order valence-corrected chi connectivity index (χ1v) is 6.22. The van der Waals surface area contributed by atoms with Crippen LogP contribution in [0.2, 0.25) is 0 Å². The van der Waals surface area contributed by atoms with Crippen molar-refractivity contribution >= 4 is 11.9 Å². The van der Waals surface area contributed by atoms with Crippen molar-refractivity contribution in [2.75, 3.05) is 13.2 Å². The average Bonchev–Trinajstić information content (AvgIpc) is 2.34. The molecule has 3 N–H and O–H groups in total. The largest absolute Gasteiger partial charge is 0.481 e. The maximum atomic E-state index is 11.1. The Hall–Kier alpha value is -1.14. The van der Waals surface area contributed by atoms with Crippen LogP contribution in [-0.4, -0.2) is 46.6 Å². The van der Waals surface area contributed by atoms with Gasteiger partial charge in [0.15, 0.2) is 0 Å². The average molecular weight is 262 g/mol. The first-order chi connectivity index (χ1) is 8.56. The van der Waals surface area contributed by atoms with Gasteiger partial charge in [-0.15, -0.1) is 0 Å². The quantitative estimate of drug-likeness (QED) is 0.374. The predicted molar refractivity (Wildman–Crippen MR) is 64.0 cm³/mol. The fraction of sp³-hybridized carbons (Fsp3) is 0.833. The number of carboxylic acid groups (broad SMARTS) is 1. The van der Waals surface area contributed by atoms with Gasteiger partial charge in [0.2, 0.25) is 0 Å². The smallest absolute Gasteiger partial charge is 0.305 e. The molecule has 106 valence electrons. The zero-order chi connectivity index (χ0) is 13.8. The Bertz CT molecular complexity index is 241. The Balaban J connectivity index is 3.27. The second-order valence-electron chi connectivity index (χ2n) is 4.18. The minimum absolute atomic E-state index is 0.173. The molecule has 0 heterocycles. The Kier molecular flexibility index (Phi) is 10.3. The van der Waals surface area contributed by atoms with Gasteiger partial charge >= 0.3 is 11.9 Å². The number of ether oxygens (including phenoxy) is 1. The molecule has 0 aromatic rings. The van der Waals surface area contributed by atoms with E-state index in [4.69, 9.17) is 20.1 Å². The monoisotopic (exact) mass is 262 g/mol. The van der Waals surface area contributed by atoms with E-state index in [0.717, 1.165) is 19.3 Å². The summed E-state index contributed by atoms with van der Waals surface area (Å²) in [5.74, 6) is -1.16. The molecule has 0 aromatic carbocycles. The van der Waals surface area contributed by atoms with E-state index >= 15 is 0 Å². The lowest BCUT2D eigenvalue weighted by molar-refractivity contribution is -0.147. The van der Waals surface area contributed by atoms with Gasteiger partial charge < -0.3 is 20.1 Å². The third-order valence-electron chi connectivity index (χ3n) is 2.42. The number of aliphatic hydroxyl groups is 2. The number of aliphatic carboxylic acids is 1. The molecule has 0 rings (SSSR count). The van der Waals surface area contributed by atoms with E-state index in [0.29, 0.717) is 12.8 Å². The molecule has 6 heteroatoms. The molecule has 0 aromatic heterocycles. The van der Waals surface area contributed by atoms with Crippen LogP contribution in [0.1, 0.15) is 44.9 Å². The summed E-state index contributed by atoms with van der Waals surface area (Å²) in [7, 11) is 0. The van der Waals surface area contributed by atoms with Gasteiger partial charge in [-0.2, -0.15) is 0 Å². The molecule has 0 saturated heterocycles. The van der Waals surface area contributed by atoms with E-state index < -0.39 is 18.7 Å². The van der Waals surface area contributed by atoms with Crippen LogP contribution in [0.5, 0.6) is 0 Å². The molecule has 0 aliphatic heterocycles. The van der Waals surface area contributed by atoms with E-state index in [-0.39, 0.29) is 25.4 Å². The predicted octanol–water partition coefficient (Wildman–Crippen LogP) is 0.698. The third-order valence-corrected chi connectivity index (χ3v) is 2.42. The summed E-state index contributed by atoms with van der Waals surface area (Å²) in [5, 5.41) is 25.9. The number of carboxylic acids is 1. The Morgan fingerprint density at radius 2 is 1.56 bits per heavy atom. The summed E-state index contributed by atoms with van der Waals surface area (Å²) in [4.78, 5) is 21.4. The molecule has 0 fully saturated rings. The number of hydrogen-bond acceptors (Lipinski definition) is 5. The molecule has 0 saturated carbocycles. The highest BCUT2D eigenvalue weighted by molar-refractivity contribution is 5.69. The second kappa shape index (κ2) is 11.0. The second-order valence-corrected chi connectivity index (χ2v) is 4.18. The van der Waals surface area contributed by atoms with Gasteiger partial charge in [-0.05, 0) is 12.8 Å². The van der Waals surface area contributed by atoms with Crippen molar-refractivity contribution in [1.29, 1.82) is 0 Å². The van der Waals surface area contributed by atoms with Crippen molar-refractivity contribution in [3.63, 3.8) is 0 Å². The molecular formula is C12H22O6. The zero-order valence-corrected chi connectivity index (χ0v) is 10.5. The summed E-state index contributed by atoms with van der Waals surface area (Å²) < 4.78 is 4.73. The highest BCUT2D eigenvalue weighted by atomic mass is 16.5. The third kappa shape index (κ3) is 11.3. The van der Waals surface area contributed by atoms with E-state index in [2.05, 4.69) is 0 Å². The van der Waals surface area contributed by atoms with Crippen molar-refractivity contribution in [2.24, 2.45) is 0 Å². The number of rotatable bonds is 11. The molecule has 0 spiro atoms. The van der Waals surface area contributed by atoms with E-state index in [1.807, 2.05) is 0 Å². The van der Waals surface area contributed by atoms with Crippen molar-refractivity contribution in [3.05, 3.63) is 0 Å². The fourth-order valence-electron chi connectivity index (χ4n) is 1.39. The summed E-state index contributed by atoms with van der Waals surface area (Å²) in [5.41, 5.74) is 0. The van der Waals surface area contributed by atoms with E-state index in [1.54, 1.807) is 0 Å². The number of unbranched alkanes of at least 4 members (excludes halogenated alkanes) is 4. The Morgan fingerprint density at radius 3 is 2.11 bits per heavy atom. The summed E-state index contributed by atoms with van der Waals surface area (Å²) in [6.45, 7) is -0.592. The van der Waals surface area contributed by atoms with Gasteiger partial charge in [0, 0.05) is 12.8 Å². The van der Waals surface area contributed by atoms with Crippen molar-refractivity contribution in [1.82, 2.24) is 0 Å². The molecule has 0 bridgehead atoms. The minimum atomic E-state index is -1.01. The van der Waals surface area contributed by atoms with E-state index in [1.165, 1.54) is 0 Å². The summed E-state index contributed by atoms with van der Waals surface area (Å²) in [6, 6.07) is 0. The maximum Gasteiger partial charge on any atom is 0.305 e. The molecule has 6 nitrogen and oxygen atoms in total. The normalized spacial score (nSPS) is 12.1. The fourth-order valence-corrected chi connectivity index (χ4v) is 1.39. The van der Waals surface area contributed by atoms with Gasteiger partial charge in [-0.3, -0.25) is 9.59 Å². The van der Waals surface area contributed by atoms with Gasteiger partial charge in [-0.25, -0.2) is 0 Å². The lowest BCUT2D eigenvalue weighted by Crippen LogP contribution is -2.21. The first-order valence-electron chi connectivity index (χ1n) is 6.22. The Morgan fingerprint density at radius 1 is 1.00 bits per heavy atom. The number of esters is 1. The van der Waals surface area contributed by atoms with Crippen LogP contribution in [0.15, 0.2) is 0 Å². The van der Waals surface area contributed by atoms with Crippen LogP contribution in [-0.2, 0) is 14.3 Å². The number of hydrogen-bond donors (Lipinski definition) is 3. The van der Waals surface area contributed by atoms with Crippen LogP contribution < -0.4 is 0 Å². The lowest BCUT2D eigenvalue weighted by atomic mass is 10.1. The van der Waals surface area contributed by atoms with Crippen LogP contribution in [0.3, 0.4) is 0 Å². The number of carbonyl (C=O) groups excluding carboxylic acids is 1. The topological polar surface area (TPSA) is 104 Å². The van der Waals surface area contributed by atoms with Crippen molar-refractivity contribution < 1.29 is 29.6 Å². The molecular weight excluding hydrogens is 240 g/mol. The Labute approximate surface area is 107 Å². The van der Waals surface area contributed by atoms with Gasteiger partial charge in [0.1, 0.15) is 12.7 Å². The molecule has 0 aliphatic carbocycles. The van der Waals surface area contributed by atoms with Crippen LogP contribution in [0.25, 0.3) is 0 Å². The van der Waals surface area contributed by atoms with E-state index in [9.17, 15) is 9.59 Å². The van der Waals surface area contributed by atoms with Gasteiger partial charge in [-0.1, -0.05) is 19.3 Å². The highest BCUT2D eigenvalue weighted by Crippen LogP contribution is 2.07. The molecule has 1 atom stereocenters. The molecule has 0 amide bonds. The maximum absolute atomic E-state index is 11.1.